The van der Waals surface area contributed by atoms with E-state index in [1.54, 1.807) is 0 Å². The highest BCUT2D eigenvalue weighted by molar-refractivity contribution is 7.88. The lowest BCUT2D eigenvalue weighted by molar-refractivity contribution is 0.309. The average molecular weight is 257 g/mol. The van der Waals surface area contributed by atoms with Gasteiger partial charge in [0.1, 0.15) is 5.75 Å². The van der Waals surface area contributed by atoms with Gasteiger partial charge in [0, 0.05) is 6.54 Å². The molecule has 0 bridgehead atoms. The Hall–Kier alpha value is -1.07. The number of unbranched alkanes of at least 4 members (excludes halogenated alkanes) is 1. The molecule has 5 heteroatoms. The molecule has 0 radical (unpaired) electrons. The molecule has 17 heavy (non-hydrogen) atoms. The van der Waals surface area contributed by atoms with E-state index in [0.717, 1.165) is 30.4 Å². The van der Waals surface area contributed by atoms with Crippen LogP contribution < -0.4 is 9.46 Å². The fourth-order valence-electron chi connectivity index (χ4n) is 1.29. The van der Waals surface area contributed by atoms with Crippen molar-refractivity contribution in [3.8, 4) is 5.75 Å². The van der Waals surface area contributed by atoms with Gasteiger partial charge in [-0.15, -0.1) is 0 Å². The second kappa shape index (κ2) is 6.61. The van der Waals surface area contributed by atoms with Gasteiger partial charge in [0.25, 0.3) is 0 Å². The molecule has 0 spiro atoms. The molecule has 0 aliphatic rings. The van der Waals surface area contributed by atoms with E-state index in [-0.39, 0.29) is 0 Å². The Morgan fingerprint density at radius 3 is 2.76 bits per heavy atom. The van der Waals surface area contributed by atoms with Crippen LogP contribution in [0.1, 0.15) is 25.3 Å². The van der Waals surface area contributed by atoms with Gasteiger partial charge in [-0.1, -0.05) is 25.5 Å². The molecule has 0 saturated carbocycles. The number of benzene rings is 1. The molecule has 96 valence electrons. The Morgan fingerprint density at radius 1 is 1.35 bits per heavy atom. The van der Waals surface area contributed by atoms with Crippen molar-refractivity contribution in [1.82, 2.24) is 4.72 Å². The zero-order valence-electron chi connectivity index (χ0n) is 10.3. The Balaban J connectivity index is 2.53. The smallest absolute Gasteiger partial charge is 0.209 e. The third kappa shape index (κ3) is 6.28. The van der Waals surface area contributed by atoms with Gasteiger partial charge in [0.15, 0.2) is 0 Å². The minimum atomic E-state index is -3.15. The number of sulfonamides is 1. The fraction of sp³-hybridized carbons (Fsp3) is 0.500. The monoisotopic (exact) mass is 257 g/mol. The lowest BCUT2D eigenvalue weighted by Crippen LogP contribution is -2.21. The first-order valence-corrected chi connectivity index (χ1v) is 7.57. The lowest BCUT2D eigenvalue weighted by Gasteiger charge is -2.07. The standard InChI is InChI=1S/C12H19NO3S/c1-3-4-8-16-12-7-5-6-11(9-12)10-13-17(2,14)15/h5-7,9,13H,3-4,8,10H2,1-2H3. The van der Waals surface area contributed by atoms with Gasteiger partial charge in [0.2, 0.25) is 10.0 Å². The first-order chi connectivity index (χ1) is 8.01. The summed E-state index contributed by atoms with van der Waals surface area (Å²) in [7, 11) is -3.15. The van der Waals surface area contributed by atoms with Crippen LogP contribution in [0.15, 0.2) is 24.3 Å². The van der Waals surface area contributed by atoms with Crippen molar-refractivity contribution in [2.24, 2.45) is 0 Å². The zero-order chi connectivity index (χ0) is 12.7. The highest BCUT2D eigenvalue weighted by atomic mass is 32.2. The summed E-state index contributed by atoms with van der Waals surface area (Å²) in [5.74, 6) is 0.784. The Morgan fingerprint density at radius 2 is 2.12 bits per heavy atom. The van der Waals surface area contributed by atoms with Crippen LogP contribution in [0, 0.1) is 0 Å². The minimum absolute atomic E-state index is 0.295. The van der Waals surface area contributed by atoms with Crippen LogP contribution in [0.2, 0.25) is 0 Å². The van der Waals surface area contributed by atoms with Crippen LogP contribution in [-0.4, -0.2) is 21.3 Å². The van der Waals surface area contributed by atoms with Crippen molar-refractivity contribution < 1.29 is 13.2 Å². The number of ether oxygens (including phenoxy) is 1. The first kappa shape index (κ1) is 14.0. The molecule has 1 aromatic rings. The highest BCUT2D eigenvalue weighted by Crippen LogP contribution is 2.13. The van der Waals surface area contributed by atoms with Crippen LogP contribution in [0.4, 0.5) is 0 Å². The predicted octanol–water partition coefficient (Wildman–Crippen LogP) is 1.91. The van der Waals surface area contributed by atoms with E-state index in [4.69, 9.17) is 4.74 Å². The third-order valence-corrected chi connectivity index (χ3v) is 2.87. The summed E-state index contributed by atoms with van der Waals surface area (Å²) in [5.41, 5.74) is 0.893. The highest BCUT2D eigenvalue weighted by Gasteiger charge is 2.02. The number of rotatable bonds is 7. The summed E-state index contributed by atoms with van der Waals surface area (Å²) in [6.45, 7) is 3.10. The van der Waals surface area contributed by atoms with Crippen LogP contribution in [0.5, 0.6) is 5.75 Å². The van der Waals surface area contributed by atoms with E-state index >= 15 is 0 Å². The molecule has 0 unspecified atom stereocenters. The van der Waals surface area contributed by atoms with Crippen molar-refractivity contribution in [1.29, 1.82) is 0 Å². The van der Waals surface area contributed by atoms with Crippen molar-refractivity contribution in [2.45, 2.75) is 26.3 Å². The maximum absolute atomic E-state index is 11.0. The molecule has 1 aromatic carbocycles. The molecule has 0 saturated heterocycles. The van der Waals surface area contributed by atoms with Crippen molar-refractivity contribution in [3.63, 3.8) is 0 Å². The first-order valence-electron chi connectivity index (χ1n) is 5.67. The van der Waals surface area contributed by atoms with Crippen molar-refractivity contribution in [3.05, 3.63) is 29.8 Å². The topological polar surface area (TPSA) is 55.4 Å². The fourth-order valence-corrected chi connectivity index (χ4v) is 1.72. The summed E-state index contributed by atoms with van der Waals surface area (Å²) < 4.78 is 29.9. The zero-order valence-corrected chi connectivity index (χ0v) is 11.1. The van der Waals surface area contributed by atoms with Crippen LogP contribution >= 0.6 is 0 Å². The number of hydrogen-bond acceptors (Lipinski definition) is 3. The predicted molar refractivity (Wildman–Crippen MR) is 68.5 cm³/mol. The van der Waals surface area contributed by atoms with E-state index < -0.39 is 10.0 Å². The average Bonchev–Trinajstić information content (AvgIpc) is 2.27. The largest absolute Gasteiger partial charge is 0.494 e. The molecule has 4 nitrogen and oxygen atoms in total. The molecule has 0 atom stereocenters. The number of nitrogens with one attached hydrogen (secondary N) is 1. The summed E-state index contributed by atoms with van der Waals surface area (Å²) in [5, 5.41) is 0. The summed E-state index contributed by atoms with van der Waals surface area (Å²) in [4.78, 5) is 0. The van der Waals surface area contributed by atoms with Crippen LogP contribution in [0.3, 0.4) is 0 Å². The third-order valence-electron chi connectivity index (χ3n) is 2.20. The second-order valence-corrected chi connectivity index (χ2v) is 5.78. The van der Waals surface area contributed by atoms with E-state index in [1.807, 2.05) is 24.3 Å². The molecule has 0 aliphatic heterocycles. The van der Waals surface area contributed by atoms with Gasteiger partial charge < -0.3 is 4.74 Å². The van der Waals surface area contributed by atoms with Gasteiger partial charge in [-0.3, -0.25) is 0 Å². The van der Waals surface area contributed by atoms with Gasteiger partial charge in [-0.25, -0.2) is 13.1 Å². The van der Waals surface area contributed by atoms with Crippen molar-refractivity contribution in [2.75, 3.05) is 12.9 Å². The minimum Gasteiger partial charge on any atom is -0.494 e. The van der Waals surface area contributed by atoms with Crippen LogP contribution in [-0.2, 0) is 16.6 Å². The normalized spacial score (nSPS) is 11.4. The molecule has 0 aromatic heterocycles. The van der Waals surface area contributed by atoms with E-state index in [2.05, 4.69) is 11.6 Å². The summed E-state index contributed by atoms with van der Waals surface area (Å²) >= 11 is 0. The molecule has 1 N–H and O–H groups in total. The lowest BCUT2D eigenvalue weighted by atomic mass is 10.2. The summed E-state index contributed by atoms with van der Waals surface area (Å²) in [6, 6.07) is 7.46. The maximum atomic E-state index is 11.0. The van der Waals surface area contributed by atoms with Gasteiger partial charge in [-0.05, 0) is 24.1 Å². The van der Waals surface area contributed by atoms with E-state index in [1.165, 1.54) is 0 Å². The SMILES string of the molecule is CCCCOc1cccc(CNS(C)(=O)=O)c1. The second-order valence-electron chi connectivity index (χ2n) is 3.94. The van der Waals surface area contributed by atoms with Gasteiger partial charge >= 0.3 is 0 Å². The van der Waals surface area contributed by atoms with Crippen molar-refractivity contribution >= 4 is 10.0 Å². The van der Waals surface area contributed by atoms with Gasteiger partial charge in [0.05, 0.1) is 12.9 Å². The van der Waals surface area contributed by atoms with E-state index in [9.17, 15) is 8.42 Å². The Bertz CT molecular complexity index is 443. The molecule has 0 fully saturated rings. The number of hydrogen-bond donors (Lipinski definition) is 1. The maximum Gasteiger partial charge on any atom is 0.209 e. The van der Waals surface area contributed by atoms with Crippen LogP contribution in [0.25, 0.3) is 0 Å². The summed E-state index contributed by atoms with van der Waals surface area (Å²) in [6.07, 6.45) is 3.26. The molecular formula is C12H19NO3S. The Kier molecular flexibility index (Phi) is 5.44. The van der Waals surface area contributed by atoms with Gasteiger partial charge in [-0.2, -0.15) is 0 Å². The quantitative estimate of drug-likeness (QED) is 0.759. The molecular weight excluding hydrogens is 238 g/mol. The molecule has 0 heterocycles. The molecule has 0 aliphatic carbocycles. The van der Waals surface area contributed by atoms with E-state index in [0.29, 0.717) is 13.2 Å². The molecule has 0 amide bonds. The Labute approximate surface area is 103 Å². The molecule has 1 rings (SSSR count).